The van der Waals surface area contributed by atoms with E-state index in [4.69, 9.17) is 4.74 Å². The molecule has 1 aliphatic rings. The van der Waals surface area contributed by atoms with Gasteiger partial charge in [0.2, 0.25) is 5.88 Å². The highest BCUT2D eigenvalue weighted by atomic mass is 16.5. The molecule has 6 nitrogen and oxygen atoms in total. The fraction of sp³-hybridized carbons (Fsp3) is 0.250. The van der Waals surface area contributed by atoms with E-state index in [0.717, 1.165) is 24.2 Å². The van der Waals surface area contributed by atoms with Crippen molar-refractivity contribution >= 4 is 22.4 Å². The molecule has 0 unspecified atom stereocenters. The number of anilines is 1. The topological polar surface area (TPSA) is 58.6 Å². The average Bonchev–Trinajstić information content (AvgIpc) is 2.73. The molecule has 0 atom stereocenters. The maximum atomic E-state index is 12.7. The molecule has 0 radical (unpaired) electrons. The van der Waals surface area contributed by atoms with E-state index in [9.17, 15) is 4.79 Å². The number of ether oxygens (including phenoxy) is 1. The third-order valence-electron chi connectivity index (χ3n) is 4.75. The summed E-state index contributed by atoms with van der Waals surface area (Å²) in [6.45, 7) is 2.91. The molecule has 3 aromatic rings. The Hall–Kier alpha value is -3.15. The van der Waals surface area contributed by atoms with Crippen LogP contribution in [0.4, 0.5) is 5.69 Å². The van der Waals surface area contributed by atoms with E-state index in [2.05, 4.69) is 27.0 Å². The minimum absolute atomic E-state index is 0.0152. The molecule has 0 aliphatic carbocycles. The van der Waals surface area contributed by atoms with Gasteiger partial charge in [-0.15, -0.1) is 0 Å². The number of hydrogen-bond donors (Lipinski definition) is 0. The van der Waals surface area contributed by atoms with Gasteiger partial charge in [0.25, 0.3) is 5.91 Å². The third-order valence-corrected chi connectivity index (χ3v) is 4.75. The lowest BCUT2D eigenvalue weighted by atomic mass is 10.1. The van der Waals surface area contributed by atoms with E-state index in [0.29, 0.717) is 24.5 Å². The van der Waals surface area contributed by atoms with Gasteiger partial charge in [-0.25, -0.2) is 4.98 Å². The van der Waals surface area contributed by atoms with Gasteiger partial charge in [0.1, 0.15) is 0 Å². The molecule has 6 heteroatoms. The van der Waals surface area contributed by atoms with Gasteiger partial charge in [0.05, 0.1) is 19.0 Å². The first-order valence-corrected chi connectivity index (χ1v) is 8.63. The summed E-state index contributed by atoms with van der Waals surface area (Å²) in [6.07, 6.45) is 5.40. The fourth-order valence-electron chi connectivity index (χ4n) is 3.34. The molecule has 1 aliphatic heterocycles. The minimum Gasteiger partial charge on any atom is -0.481 e. The third kappa shape index (κ3) is 3.06. The highest BCUT2D eigenvalue weighted by molar-refractivity contribution is 5.95. The lowest BCUT2D eigenvalue weighted by molar-refractivity contribution is 0.0746. The van der Waals surface area contributed by atoms with Gasteiger partial charge in [-0.1, -0.05) is 24.3 Å². The van der Waals surface area contributed by atoms with Gasteiger partial charge in [-0.3, -0.25) is 9.78 Å². The van der Waals surface area contributed by atoms with Crippen molar-refractivity contribution in [1.29, 1.82) is 0 Å². The van der Waals surface area contributed by atoms with E-state index >= 15 is 0 Å². The number of benzene rings is 1. The number of rotatable bonds is 3. The number of carbonyl (C=O) groups excluding carboxylic acids is 1. The minimum atomic E-state index is 0.0152. The summed E-state index contributed by atoms with van der Waals surface area (Å²) in [5.41, 5.74) is 1.73. The van der Waals surface area contributed by atoms with Gasteiger partial charge in [-0.2, -0.15) is 0 Å². The van der Waals surface area contributed by atoms with Gasteiger partial charge in [0, 0.05) is 61.0 Å². The second-order valence-corrected chi connectivity index (χ2v) is 6.25. The molecular formula is C20H20N4O2. The molecule has 0 N–H and O–H groups in total. The number of fused-ring (bicyclic) bond motifs is 1. The summed E-state index contributed by atoms with van der Waals surface area (Å²) in [6, 6.07) is 11.7. The first kappa shape index (κ1) is 16.3. The summed E-state index contributed by atoms with van der Waals surface area (Å²) < 4.78 is 5.11. The summed E-state index contributed by atoms with van der Waals surface area (Å²) in [5.74, 6) is 0.470. The molecule has 0 saturated carbocycles. The number of nitrogens with zero attached hydrogens (tertiary/aromatic N) is 4. The molecule has 1 saturated heterocycles. The van der Waals surface area contributed by atoms with Crippen molar-refractivity contribution in [3.8, 4) is 5.88 Å². The molecule has 4 rings (SSSR count). The lowest BCUT2D eigenvalue weighted by Crippen LogP contribution is -2.48. The number of piperazine rings is 1. The normalized spacial score (nSPS) is 14.5. The number of pyridine rings is 2. The Bertz CT molecular complexity index is 931. The van der Waals surface area contributed by atoms with Crippen LogP contribution >= 0.6 is 0 Å². The molecule has 1 amide bonds. The van der Waals surface area contributed by atoms with E-state index in [1.54, 1.807) is 25.4 Å². The van der Waals surface area contributed by atoms with E-state index in [1.165, 1.54) is 5.39 Å². The maximum Gasteiger partial charge on any atom is 0.254 e. The van der Waals surface area contributed by atoms with Crippen molar-refractivity contribution < 1.29 is 9.53 Å². The molecule has 26 heavy (non-hydrogen) atoms. The number of hydrogen-bond acceptors (Lipinski definition) is 5. The van der Waals surface area contributed by atoms with Crippen molar-refractivity contribution in [3.63, 3.8) is 0 Å². The van der Waals surface area contributed by atoms with E-state index in [1.807, 2.05) is 29.4 Å². The zero-order valence-electron chi connectivity index (χ0n) is 14.6. The molecule has 0 bridgehead atoms. The van der Waals surface area contributed by atoms with Gasteiger partial charge in [-0.05, 0) is 6.07 Å². The predicted molar refractivity (Wildman–Crippen MR) is 101 cm³/mol. The Labute approximate surface area is 152 Å². The Morgan fingerprint density at radius 3 is 2.69 bits per heavy atom. The number of carbonyl (C=O) groups is 1. The first-order valence-electron chi connectivity index (χ1n) is 8.63. The van der Waals surface area contributed by atoms with Crippen LogP contribution in [0, 0.1) is 0 Å². The lowest BCUT2D eigenvalue weighted by Gasteiger charge is -2.36. The Morgan fingerprint density at radius 2 is 1.88 bits per heavy atom. The number of aromatic nitrogens is 2. The summed E-state index contributed by atoms with van der Waals surface area (Å²) in [7, 11) is 1.55. The smallest absolute Gasteiger partial charge is 0.254 e. The van der Waals surface area contributed by atoms with Crippen LogP contribution in [0.25, 0.3) is 10.8 Å². The van der Waals surface area contributed by atoms with Crippen LogP contribution in [-0.2, 0) is 0 Å². The van der Waals surface area contributed by atoms with Crippen LogP contribution in [-0.4, -0.2) is 54.1 Å². The monoisotopic (exact) mass is 348 g/mol. The Morgan fingerprint density at radius 1 is 1.08 bits per heavy atom. The molecule has 3 heterocycles. The molecule has 0 spiro atoms. The predicted octanol–water partition coefficient (Wildman–Crippen LogP) is 2.60. The summed E-state index contributed by atoms with van der Waals surface area (Å²) in [5, 5.41) is 2.33. The van der Waals surface area contributed by atoms with Crippen molar-refractivity contribution in [2.45, 2.75) is 0 Å². The van der Waals surface area contributed by atoms with Crippen molar-refractivity contribution in [2.75, 3.05) is 38.2 Å². The molecule has 2 aromatic heterocycles. The van der Waals surface area contributed by atoms with Crippen LogP contribution in [0.1, 0.15) is 10.4 Å². The molecule has 132 valence electrons. The highest BCUT2D eigenvalue weighted by Gasteiger charge is 2.23. The fourth-order valence-corrected chi connectivity index (χ4v) is 3.34. The summed E-state index contributed by atoms with van der Waals surface area (Å²) in [4.78, 5) is 25.3. The molecule has 1 fully saturated rings. The maximum absolute atomic E-state index is 12.7. The van der Waals surface area contributed by atoms with Crippen LogP contribution in [0.2, 0.25) is 0 Å². The number of methoxy groups -OCH3 is 1. The Kier molecular flexibility index (Phi) is 4.39. The molecular weight excluding hydrogens is 328 g/mol. The van der Waals surface area contributed by atoms with E-state index in [-0.39, 0.29) is 5.91 Å². The molecule has 1 aromatic carbocycles. The van der Waals surface area contributed by atoms with Crippen molar-refractivity contribution in [3.05, 3.63) is 60.6 Å². The van der Waals surface area contributed by atoms with Crippen LogP contribution in [0.15, 0.2) is 55.0 Å². The quantitative estimate of drug-likeness (QED) is 0.728. The zero-order chi connectivity index (χ0) is 17.9. The SMILES string of the molecule is COc1cc(C(=O)N2CCN(c3cncc4ccccc34)CC2)ccn1. The standard InChI is InChI=1S/C20H20N4O2/c1-26-19-12-15(6-7-22-19)20(25)24-10-8-23(9-11-24)18-14-21-13-16-4-2-3-5-17(16)18/h2-7,12-14H,8-11H2,1H3. The first-order chi connectivity index (χ1) is 12.8. The van der Waals surface area contributed by atoms with Gasteiger partial charge < -0.3 is 14.5 Å². The summed E-state index contributed by atoms with van der Waals surface area (Å²) >= 11 is 0. The van der Waals surface area contributed by atoms with Crippen molar-refractivity contribution in [1.82, 2.24) is 14.9 Å². The van der Waals surface area contributed by atoms with Gasteiger partial charge >= 0.3 is 0 Å². The zero-order valence-corrected chi connectivity index (χ0v) is 14.6. The largest absolute Gasteiger partial charge is 0.481 e. The highest BCUT2D eigenvalue weighted by Crippen LogP contribution is 2.26. The van der Waals surface area contributed by atoms with E-state index < -0.39 is 0 Å². The second kappa shape index (κ2) is 7.00. The Balaban J connectivity index is 1.49. The van der Waals surface area contributed by atoms with Crippen LogP contribution < -0.4 is 9.64 Å². The van der Waals surface area contributed by atoms with Crippen molar-refractivity contribution in [2.24, 2.45) is 0 Å². The second-order valence-electron chi connectivity index (χ2n) is 6.25. The average molecular weight is 348 g/mol. The number of amides is 1. The van der Waals surface area contributed by atoms with Crippen LogP contribution in [0.3, 0.4) is 0 Å². The van der Waals surface area contributed by atoms with Crippen LogP contribution in [0.5, 0.6) is 5.88 Å². The van der Waals surface area contributed by atoms with Gasteiger partial charge in [0.15, 0.2) is 0 Å².